The van der Waals surface area contributed by atoms with Crippen molar-refractivity contribution < 1.29 is 18.7 Å². The average molecular weight is 579 g/mol. The number of hydrogen-bond donors (Lipinski definition) is 0. The summed E-state index contributed by atoms with van der Waals surface area (Å²) in [5.41, 5.74) is 1.05. The standard InChI is InChI=1S/C28H28ClFN8O3/c1-27(2,3)41-26(39)38-14-28(15-38)8-9-37(13-28)23-24(35-36-25(29)34-23)40-20-7-6-17(30)10-18(20)19-12-32-21(11-31)33-22(19)16-4-5-16/h6-7,10,12,16H,4-5,8-9,13-15H2,1-3H3. The summed E-state index contributed by atoms with van der Waals surface area (Å²) in [6, 6.07) is 6.13. The molecule has 1 aliphatic carbocycles. The van der Waals surface area contributed by atoms with Gasteiger partial charge < -0.3 is 19.3 Å². The van der Waals surface area contributed by atoms with Crippen molar-refractivity contribution in [2.45, 2.75) is 51.6 Å². The molecule has 2 saturated heterocycles. The van der Waals surface area contributed by atoms with E-state index in [1.807, 2.05) is 31.7 Å². The van der Waals surface area contributed by atoms with Crippen molar-refractivity contribution >= 4 is 23.5 Å². The highest BCUT2D eigenvalue weighted by atomic mass is 35.5. The number of halogens is 2. The Balaban J connectivity index is 1.26. The molecule has 1 amide bonds. The second kappa shape index (κ2) is 10.1. The lowest BCUT2D eigenvalue weighted by Gasteiger charge is -2.47. The summed E-state index contributed by atoms with van der Waals surface area (Å²) >= 11 is 6.15. The molecule has 1 spiro atoms. The summed E-state index contributed by atoms with van der Waals surface area (Å²) in [6.45, 7) is 7.95. The van der Waals surface area contributed by atoms with Crippen LogP contribution in [0.5, 0.6) is 11.6 Å². The van der Waals surface area contributed by atoms with Crippen molar-refractivity contribution in [1.82, 2.24) is 30.0 Å². The fourth-order valence-corrected chi connectivity index (χ4v) is 5.50. The molecule has 0 unspecified atom stereocenters. The Bertz CT molecular complexity index is 1560. The summed E-state index contributed by atoms with van der Waals surface area (Å²) in [7, 11) is 0. The van der Waals surface area contributed by atoms with Crippen LogP contribution in [0.2, 0.25) is 5.28 Å². The molecule has 2 aromatic heterocycles. The van der Waals surface area contributed by atoms with Crippen LogP contribution in [0.15, 0.2) is 24.4 Å². The third-order valence-electron chi connectivity index (χ3n) is 7.38. The van der Waals surface area contributed by atoms with Crippen LogP contribution in [0, 0.1) is 22.6 Å². The van der Waals surface area contributed by atoms with Gasteiger partial charge in [0.2, 0.25) is 11.1 Å². The number of nitrogens with zero attached hydrogens (tertiary/aromatic N) is 8. The van der Waals surface area contributed by atoms with Crippen molar-refractivity contribution in [2.24, 2.45) is 5.41 Å². The van der Waals surface area contributed by atoms with Gasteiger partial charge in [-0.15, -0.1) is 10.2 Å². The molecule has 41 heavy (non-hydrogen) atoms. The maximum atomic E-state index is 14.5. The molecule has 2 aliphatic heterocycles. The fraction of sp³-hybridized carbons (Fsp3) is 0.464. The quantitative estimate of drug-likeness (QED) is 0.402. The number of carbonyl (C=O) groups excluding carboxylic acids is 1. The zero-order valence-electron chi connectivity index (χ0n) is 22.9. The lowest BCUT2D eigenvalue weighted by Crippen LogP contribution is -2.60. The Morgan fingerprint density at radius 3 is 2.66 bits per heavy atom. The van der Waals surface area contributed by atoms with Crippen molar-refractivity contribution in [2.75, 3.05) is 31.1 Å². The van der Waals surface area contributed by atoms with Crippen LogP contribution < -0.4 is 9.64 Å². The van der Waals surface area contributed by atoms with Gasteiger partial charge in [0.15, 0.2) is 5.82 Å². The SMILES string of the molecule is CC(C)(C)OC(=O)N1CC2(CCN(c3nc(Cl)nnc3Oc3ccc(F)cc3-c3cnc(C#N)nc3C3CC3)C2)C1. The summed E-state index contributed by atoms with van der Waals surface area (Å²) in [4.78, 5) is 29.2. The maximum absolute atomic E-state index is 14.5. The van der Waals surface area contributed by atoms with Crippen LogP contribution in [-0.4, -0.2) is 67.9 Å². The van der Waals surface area contributed by atoms with Gasteiger partial charge in [0, 0.05) is 54.8 Å². The van der Waals surface area contributed by atoms with Crippen molar-refractivity contribution in [3.63, 3.8) is 0 Å². The molecule has 6 rings (SSSR count). The highest BCUT2D eigenvalue weighted by molar-refractivity contribution is 6.28. The molecule has 1 saturated carbocycles. The third-order valence-corrected chi connectivity index (χ3v) is 7.54. The molecule has 0 bridgehead atoms. The Morgan fingerprint density at radius 1 is 1.17 bits per heavy atom. The minimum Gasteiger partial charge on any atom is -0.444 e. The van der Waals surface area contributed by atoms with E-state index in [1.165, 1.54) is 24.4 Å². The van der Waals surface area contributed by atoms with E-state index < -0.39 is 11.4 Å². The smallest absolute Gasteiger partial charge is 0.410 e. The summed E-state index contributed by atoms with van der Waals surface area (Å²) < 4.78 is 26.3. The molecule has 0 N–H and O–H groups in total. The number of likely N-dealkylation sites (tertiary alicyclic amines) is 1. The summed E-state index contributed by atoms with van der Waals surface area (Å²) in [5.74, 6) is 0.618. The molecule has 1 aromatic carbocycles. The van der Waals surface area contributed by atoms with E-state index in [9.17, 15) is 14.4 Å². The first kappa shape index (κ1) is 27.1. The molecular formula is C28H28ClFN8O3. The zero-order chi connectivity index (χ0) is 28.9. The lowest BCUT2D eigenvalue weighted by atomic mass is 9.79. The van der Waals surface area contributed by atoms with Gasteiger partial charge in [-0.05, 0) is 69.8 Å². The van der Waals surface area contributed by atoms with Crippen molar-refractivity contribution in [3.8, 4) is 28.8 Å². The van der Waals surface area contributed by atoms with E-state index in [1.54, 1.807) is 4.90 Å². The number of ether oxygens (including phenoxy) is 2. The molecule has 212 valence electrons. The predicted octanol–water partition coefficient (Wildman–Crippen LogP) is 5.11. The topological polar surface area (TPSA) is 130 Å². The normalized spacial score (nSPS) is 17.8. The third kappa shape index (κ3) is 5.59. The zero-order valence-corrected chi connectivity index (χ0v) is 23.7. The Kier molecular flexibility index (Phi) is 6.65. The van der Waals surface area contributed by atoms with Gasteiger partial charge in [-0.2, -0.15) is 10.2 Å². The molecular weight excluding hydrogens is 551 g/mol. The molecule has 3 aliphatic rings. The molecule has 0 atom stereocenters. The number of rotatable bonds is 5. The molecule has 3 fully saturated rings. The monoisotopic (exact) mass is 578 g/mol. The van der Waals surface area contributed by atoms with Crippen LogP contribution in [0.4, 0.5) is 15.0 Å². The molecule has 0 radical (unpaired) electrons. The van der Waals surface area contributed by atoms with Gasteiger partial charge in [-0.1, -0.05) is 0 Å². The highest BCUT2D eigenvalue weighted by Gasteiger charge is 2.51. The molecule has 3 aromatic rings. The first-order valence-electron chi connectivity index (χ1n) is 13.4. The second-order valence-corrected chi connectivity index (χ2v) is 12.2. The average Bonchev–Trinajstić information content (AvgIpc) is 3.65. The lowest BCUT2D eigenvalue weighted by molar-refractivity contribution is -0.0266. The number of hydrogen-bond acceptors (Lipinski definition) is 10. The van der Waals surface area contributed by atoms with E-state index in [4.69, 9.17) is 21.1 Å². The minimum atomic E-state index is -0.556. The Labute approximate surface area is 241 Å². The van der Waals surface area contributed by atoms with Crippen LogP contribution in [0.25, 0.3) is 11.1 Å². The highest BCUT2D eigenvalue weighted by Crippen LogP contribution is 2.47. The van der Waals surface area contributed by atoms with Gasteiger partial charge >= 0.3 is 6.09 Å². The Hall–Kier alpha value is -4.11. The van der Waals surface area contributed by atoms with Gasteiger partial charge in [0.1, 0.15) is 23.2 Å². The Morgan fingerprint density at radius 2 is 1.95 bits per heavy atom. The van der Waals surface area contributed by atoms with E-state index >= 15 is 0 Å². The second-order valence-electron chi connectivity index (χ2n) is 11.8. The number of anilines is 1. The summed E-state index contributed by atoms with van der Waals surface area (Å²) in [5, 5.41) is 17.3. The maximum Gasteiger partial charge on any atom is 0.410 e. The molecule has 11 nitrogen and oxygen atoms in total. The van der Waals surface area contributed by atoms with E-state index in [2.05, 4.69) is 25.1 Å². The van der Waals surface area contributed by atoms with E-state index in [-0.39, 0.29) is 34.4 Å². The number of benzene rings is 1. The fourth-order valence-electron chi connectivity index (χ4n) is 5.38. The first-order valence-corrected chi connectivity index (χ1v) is 13.8. The van der Waals surface area contributed by atoms with Crippen LogP contribution in [0.3, 0.4) is 0 Å². The minimum absolute atomic E-state index is 0.0341. The predicted molar refractivity (Wildman–Crippen MR) is 146 cm³/mol. The van der Waals surface area contributed by atoms with Crippen LogP contribution in [-0.2, 0) is 4.74 Å². The summed E-state index contributed by atoms with van der Waals surface area (Å²) in [6.07, 6.45) is 3.91. The number of amides is 1. The van der Waals surface area contributed by atoms with E-state index in [0.29, 0.717) is 54.6 Å². The molecule has 13 heteroatoms. The van der Waals surface area contributed by atoms with Gasteiger partial charge in [-0.3, -0.25) is 0 Å². The van der Waals surface area contributed by atoms with Gasteiger partial charge in [-0.25, -0.2) is 19.2 Å². The number of nitriles is 1. The van der Waals surface area contributed by atoms with Gasteiger partial charge in [0.25, 0.3) is 5.88 Å². The van der Waals surface area contributed by atoms with Crippen LogP contribution in [0.1, 0.15) is 57.5 Å². The first-order chi connectivity index (χ1) is 19.5. The largest absolute Gasteiger partial charge is 0.444 e. The van der Waals surface area contributed by atoms with E-state index in [0.717, 1.165) is 19.3 Å². The molecule has 4 heterocycles. The number of aromatic nitrogens is 5. The number of carbonyl (C=O) groups is 1. The van der Waals surface area contributed by atoms with Crippen molar-refractivity contribution in [3.05, 3.63) is 47.0 Å². The van der Waals surface area contributed by atoms with Crippen molar-refractivity contribution in [1.29, 1.82) is 5.26 Å². The van der Waals surface area contributed by atoms with Crippen LogP contribution >= 0.6 is 11.6 Å². The van der Waals surface area contributed by atoms with Gasteiger partial charge in [0.05, 0.1) is 5.69 Å².